The first-order chi connectivity index (χ1) is 7.23. The van der Waals surface area contributed by atoms with Gasteiger partial charge in [0.1, 0.15) is 6.04 Å². The first-order valence-corrected chi connectivity index (χ1v) is 4.46. The van der Waals surface area contributed by atoms with Crippen molar-refractivity contribution < 1.29 is 23.1 Å². The summed E-state index contributed by atoms with van der Waals surface area (Å²) in [4.78, 5) is 10.5. The number of carboxylic acid groups (broad SMARTS) is 1. The third-order valence-electron chi connectivity index (χ3n) is 1.93. The van der Waals surface area contributed by atoms with E-state index in [1.165, 1.54) is 0 Å². The summed E-state index contributed by atoms with van der Waals surface area (Å²) in [6.45, 7) is 0. The van der Waals surface area contributed by atoms with Crippen molar-refractivity contribution in [3.63, 3.8) is 0 Å². The Balaban J connectivity index is 3.15. The molecule has 0 radical (unpaired) electrons. The minimum absolute atomic E-state index is 0.0535. The molecule has 0 aliphatic rings. The van der Waals surface area contributed by atoms with Crippen LogP contribution in [-0.4, -0.2) is 11.1 Å². The SMILES string of the molecule is NC(C(=O)O)c1ccc(C(F)(F)F)cc1Cl. The van der Waals surface area contributed by atoms with Crippen LogP contribution in [0.2, 0.25) is 5.02 Å². The van der Waals surface area contributed by atoms with Crippen molar-refractivity contribution in [3.8, 4) is 0 Å². The topological polar surface area (TPSA) is 63.3 Å². The number of alkyl halides is 3. The van der Waals surface area contributed by atoms with Gasteiger partial charge in [-0.15, -0.1) is 0 Å². The molecule has 0 spiro atoms. The second kappa shape index (κ2) is 4.31. The highest BCUT2D eigenvalue weighted by Crippen LogP contribution is 2.33. The maximum atomic E-state index is 12.3. The quantitative estimate of drug-likeness (QED) is 0.851. The lowest BCUT2D eigenvalue weighted by Crippen LogP contribution is -2.21. The molecule has 0 fully saturated rings. The Morgan fingerprint density at radius 3 is 2.38 bits per heavy atom. The predicted molar refractivity (Wildman–Crippen MR) is 51.0 cm³/mol. The van der Waals surface area contributed by atoms with Gasteiger partial charge in [0.05, 0.1) is 5.56 Å². The first-order valence-electron chi connectivity index (χ1n) is 4.08. The molecule has 1 aromatic carbocycles. The van der Waals surface area contributed by atoms with Crippen molar-refractivity contribution in [2.75, 3.05) is 0 Å². The van der Waals surface area contributed by atoms with Crippen LogP contribution in [0, 0.1) is 0 Å². The number of carbonyl (C=O) groups is 1. The van der Waals surface area contributed by atoms with Gasteiger partial charge >= 0.3 is 12.1 Å². The Hall–Kier alpha value is -1.27. The molecule has 0 saturated heterocycles. The lowest BCUT2D eigenvalue weighted by atomic mass is 10.1. The van der Waals surface area contributed by atoms with E-state index in [9.17, 15) is 18.0 Å². The van der Waals surface area contributed by atoms with Crippen LogP contribution in [0.1, 0.15) is 17.2 Å². The zero-order valence-corrected chi connectivity index (χ0v) is 8.51. The van der Waals surface area contributed by atoms with Gasteiger partial charge in [0.25, 0.3) is 0 Å². The second-order valence-corrected chi connectivity index (χ2v) is 3.46. The van der Waals surface area contributed by atoms with Crippen molar-refractivity contribution in [1.29, 1.82) is 0 Å². The highest BCUT2D eigenvalue weighted by Gasteiger charge is 2.31. The molecule has 88 valence electrons. The Morgan fingerprint density at radius 2 is 2.00 bits per heavy atom. The van der Waals surface area contributed by atoms with Crippen LogP contribution in [0.5, 0.6) is 0 Å². The summed E-state index contributed by atoms with van der Waals surface area (Å²) in [5.41, 5.74) is 4.23. The molecule has 1 atom stereocenters. The van der Waals surface area contributed by atoms with Gasteiger partial charge in [0.15, 0.2) is 0 Å². The van der Waals surface area contributed by atoms with Gasteiger partial charge in [0.2, 0.25) is 0 Å². The average Bonchev–Trinajstić information content (AvgIpc) is 2.15. The highest BCUT2D eigenvalue weighted by atomic mass is 35.5. The molecule has 3 N–H and O–H groups in total. The van der Waals surface area contributed by atoms with E-state index in [1.54, 1.807) is 0 Å². The maximum absolute atomic E-state index is 12.3. The van der Waals surface area contributed by atoms with Gasteiger partial charge in [-0.1, -0.05) is 17.7 Å². The van der Waals surface area contributed by atoms with E-state index in [1.807, 2.05) is 0 Å². The van der Waals surface area contributed by atoms with Crippen LogP contribution in [-0.2, 0) is 11.0 Å². The molecule has 0 heterocycles. The van der Waals surface area contributed by atoms with Gasteiger partial charge < -0.3 is 10.8 Å². The Labute approximate surface area is 93.6 Å². The monoisotopic (exact) mass is 253 g/mol. The lowest BCUT2D eigenvalue weighted by molar-refractivity contribution is -0.138. The molecule has 1 rings (SSSR count). The van der Waals surface area contributed by atoms with E-state index < -0.39 is 23.8 Å². The molecule has 0 aliphatic carbocycles. The van der Waals surface area contributed by atoms with Crippen LogP contribution in [0.4, 0.5) is 13.2 Å². The molecular weight excluding hydrogens is 247 g/mol. The van der Waals surface area contributed by atoms with E-state index in [2.05, 4.69) is 0 Å². The van der Waals surface area contributed by atoms with E-state index >= 15 is 0 Å². The van der Waals surface area contributed by atoms with Gasteiger partial charge in [0, 0.05) is 5.02 Å². The molecule has 0 amide bonds. The van der Waals surface area contributed by atoms with E-state index in [0.717, 1.165) is 12.1 Å². The second-order valence-electron chi connectivity index (χ2n) is 3.05. The minimum Gasteiger partial charge on any atom is -0.480 e. The summed E-state index contributed by atoms with van der Waals surface area (Å²) in [5, 5.41) is 8.27. The Morgan fingerprint density at radius 1 is 1.44 bits per heavy atom. The standard InChI is InChI=1S/C9H7ClF3NO2/c10-6-3-4(9(11,12)13)1-2-5(6)7(14)8(15)16/h1-3,7H,14H2,(H,15,16). The number of rotatable bonds is 2. The number of hydrogen-bond donors (Lipinski definition) is 2. The van der Waals surface area contributed by atoms with Gasteiger partial charge in [-0.05, 0) is 17.7 Å². The third-order valence-corrected chi connectivity index (χ3v) is 2.26. The molecule has 1 unspecified atom stereocenters. The maximum Gasteiger partial charge on any atom is 0.416 e. The first kappa shape index (κ1) is 12.8. The van der Waals surface area contributed by atoms with Crippen LogP contribution in [0.25, 0.3) is 0 Å². The van der Waals surface area contributed by atoms with Crippen LogP contribution < -0.4 is 5.73 Å². The molecule has 0 bridgehead atoms. The number of aliphatic carboxylic acids is 1. The van der Waals surface area contributed by atoms with Crippen molar-refractivity contribution in [3.05, 3.63) is 34.3 Å². The minimum atomic E-state index is -4.52. The zero-order valence-electron chi connectivity index (χ0n) is 7.75. The normalized spacial score (nSPS) is 13.6. The summed E-state index contributed by atoms with van der Waals surface area (Å²) in [7, 11) is 0. The number of nitrogens with two attached hydrogens (primary N) is 1. The molecule has 1 aromatic rings. The molecule has 16 heavy (non-hydrogen) atoms. The summed E-state index contributed by atoms with van der Waals surface area (Å²) in [6, 6.07) is 0.919. The lowest BCUT2D eigenvalue weighted by Gasteiger charge is -2.12. The third kappa shape index (κ3) is 2.65. The molecule has 7 heteroatoms. The zero-order chi connectivity index (χ0) is 12.5. The van der Waals surface area contributed by atoms with Crippen molar-refractivity contribution in [2.24, 2.45) is 5.73 Å². The van der Waals surface area contributed by atoms with Crippen LogP contribution in [0.3, 0.4) is 0 Å². The number of hydrogen-bond acceptors (Lipinski definition) is 2. The number of carboxylic acids is 1. The van der Waals surface area contributed by atoms with Crippen molar-refractivity contribution >= 4 is 17.6 Å². The van der Waals surface area contributed by atoms with Gasteiger partial charge in [-0.2, -0.15) is 13.2 Å². The summed E-state index contributed by atoms with van der Waals surface area (Å²) in [6.07, 6.45) is -4.52. The average molecular weight is 254 g/mol. The largest absolute Gasteiger partial charge is 0.480 e. The fraction of sp³-hybridized carbons (Fsp3) is 0.222. The van der Waals surface area contributed by atoms with Gasteiger partial charge in [-0.3, -0.25) is 4.79 Å². The van der Waals surface area contributed by atoms with Gasteiger partial charge in [-0.25, -0.2) is 0 Å². The van der Waals surface area contributed by atoms with Crippen molar-refractivity contribution in [1.82, 2.24) is 0 Å². The molecule has 3 nitrogen and oxygen atoms in total. The fourth-order valence-corrected chi connectivity index (χ4v) is 1.39. The summed E-state index contributed by atoms with van der Waals surface area (Å²) >= 11 is 5.53. The Bertz CT molecular complexity index is 420. The van der Waals surface area contributed by atoms with Crippen molar-refractivity contribution in [2.45, 2.75) is 12.2 Å². The smallest absolute Gasteiger partial charge is 0.416 e. The van der Waals surface area contributed by atoms with E-state index in [4.69, 9.17) is 22.4 Å². The number of benzene rings is 1. The predicted octanol–water partition coefficient (Wildman–Crippen LogP) is 2.44. The molecule has 0 saturated carbocycles. The molecule has 0 aromatic heterocycles. The van der Waals surface area contributed by atoms with E-state index in [-0.39, 0.29) is 10.6 Å². The number of halogens is 4. The van der Waals surface area contributed by atoms with E-state index in [0.29, 0.717) is 6.07 Å². The fourth-order valence-electron chi connectivity index (χ4n) is 1.09. The highest BCUT2D eigenvalue weighted by molar-refractivity contribution is 6.31. The summed E-state index contributed by atoms with van der Waals surface area (Å²) < 4.78 is 36.8. The molecule has 0 aliphatic heterocycles. The summed E-state index contributed by atoms with van der Waals surface area (Å²) in [5.74, 6) is -1.36. The Kier molecular flexibility index (Phi) is 3.44. The molecular formula is C9H7ClF3NO2. The van der Waals surface area contributed by atoms with Crippen LogP contribution in [0.15, 0.2) is 18.2 Å². The van der Waals surface area contributed by atoms with Crippen LogP contribution >= 0.6 is 11.6 Å².